The monoisotopic (exact) mass is 281 g/mol. The predicted octanol–water partition coefficient (Wildman–Crippen LogP) is 1.50. The van der Waals surface area contributed by atoms with E-state index in [0.29, 0.717) is 5.06 Å². The quantitative estimate of drug-likeness (QED) is 0.576. The molecule has 6 nitrogen and oxygen atoms in total. The third kappa shape index (κ3) is 4.16. The molecule has 1 fully saturated rings. The van der Waals surface area contributed by atoms with Crippen molar-refractivity contribution in [3.63, 3.8) is 0 Å². The highest BCUT2D eigenvalue weighted by atomic mass is 16.7. The molecule has 1 aliphatic carbocycles. The number of hydrogen-bond donors (Lipinski definition) is 0. The summed E-state index contributed by atoms with van der Waals surface area (Å²) in [5, 5.41) is 0.541. The lowest BCUT2D eigenvalue weighted by Gasteiger charge is -2.17. The first-order valence-corrected chi connectivity index (χ1v) is 7.01. The Morgan fingerprint density at radius 2 is 1.95 bits per heavy atom. The van der Waals surface area contributed by atoms with Gasteiger partial charge in [0.25, 0.3) is 11.8 Å². The lowest BCUT2D eigenvalue weighted by molar-refractivity contribution is -0.201. The van der Waals surface area contributed by atoms with Crippen LogP contribution in [-0.2, 0) is 24.0 Å². The minimum Gasteiger partial charge on any atom is -0.362 e. The molecule has 0 aromatic carbocycles. The molecule has 0 radical (unpaired) electrons. The van der Waals surface area contributed by atoms with Crippen LogP contribution in [0, 0.1) is 0 Å². The topological polar surface area (TPSA) is 72.9 Å². The molecule has 20 heavy (non-hydrogen) atoms. The van der Waals surface area contributed by atoms with E-state index in [2.05, 4.69) is 6.08 Å². The van der Waals surface area contributed by atoms with E-state index in [1.807, 2.05) is 6.08 Å². The molecule has 6 heteroatoms. The van der Waals surface area contributed by atoms with E-state index < -0.39 is 17.8 Å². The molecule has 1 aliphatic heterocycles. The van der Waals surface area contributed by atoms with Gasteiger partial charge in [-0.25, -0.2) is 4.79 Å². The van der Waals surface area contributed by atoms with E-state index in [0.717, 1.165) is 25.7 Å². The van der Waals surface area contributed by atoms with Crippen LogP contribution in [0.15, 0.2) is 12.2 Å². The molecule has 2 rings (SSSR count). The van der Waals surface area contributed by atoms with Crippen LogP contribution in [-0.4, -0.2) is 35.6 Å². The number of carbonyl (C=O) groups is 3. The first-order valence-electron chi connectivity index (χ1n) is 7.01. The van der Waals surface area contributed by atoms with E-state index in [9.17, 15) is 14.4 Å². The standard InChI is InChI=1S/C14H19NO5/c16-12-8-9-13(17)15(12)20-14(18)10-19-11-6-4-2-1-3-5-7-11/h4,6,11H,1-3,5,7-10H2/b6-4-. The number of imide groups is 1. The van der Waals surface area contributed by atoms with Crippen LogP contribution in [0.3, 0.4) is 0 Å². The van der Waals surface area contributed by atoms with Crippen LogP contribution in [0.1, 0.15) is 44.9 Å². The minimum atomic E-state index is -0.718. The number of ether oxygens (including phenoxy) is 1. The molecule has 0 aromatic heterocycles. The largest absolute Gasteiger partial charge is 0.362 e. The van der Waals surface area contributed by atoms with E-state index in [-0.39, 0.29) is 25.6 Å². The molecule has 0 saturated carbocycles. The van der Waals surface area contributed by atoms with Crippen molar-refractivity contribution in [2.75, 3.05) is 6.61 Å². The first kappa shape index (κ1) is 14.7. The number of hydrogen-bond acceptors (Lipinski definition) is 5. The zero-order valence-corrected chi connectivity index (χ0v) is 11.4. The van der Waals surface area contributed by atoms with Crippen LogP contribution < -0.4 is 0 Å². The van der Waals surface area contributed by atoms with E-state index >= 15 is 0 Å². The summed E-state index contributed by atoms with van der Waals surface area (Å²) >= 11 is 0. The SMILES string of the molecule is O=C(COC1/C=C\CCCCC1)ON1C(=O)CCC1=O. The van der Waals surface area contributed by atoms with Gasteiger partial charge in [-0.2, -0.15) is 0 Å². The van der Waals surface area contributed by atoms with Gasteiger partial charge in [0.2, 0.25) is 0 Å². The molecule has 1 atom stereocenters. The van der Waals surface area contributed by atoms with Gasteiger partial charge >= 0.3 is 5.97 Å². The Morgan fingerprint density at radius 1 is 1.20 bits per heavy atom. The van der Waals surface area contributed by atoms with Crippen molar-refractivity contribution in [2.45, 2.75) is 51.0 Å². The molecule has 1 unspecified atom stereocenters. The van der Waals surface area contributed by atoms with Crippen molar-refractivity contribution < 1.29 is 24.0 Å². The Bertz CT molecular complexity index is 402. The number of rotatable bonds is 4. The lowest BCUT2D eigenvalue weighted by Crippen LogP contribution is -2.34. The summed E-state index contributed by atoms with van der Waals surface area (Å²) in [5.74, 6) is -1.67. The molecule has 2 amide bonds. The second kappa shape index (κ2) is 7.19. The Kier molecular flexibility index (Phi) is 5.29. The molecule has 0 spiro atoms. The van der Waals surface area contributed by atoms with Crippen molar-refractivity contribution in [1.29, 1.82) is 0 Å². The maximum Gasteiger partial charge on any atom is 0.358 e. The van der Waals surface area contributed by atoms with Crippen LogP contribution in [0.25, 0.3) is 0 Å². The van der Waals surface area contributed by atoms with Crippen molar-refractivity contribution in [2.24, 2.45) is 0 Å². The van der Waals surface area contributed by atoms with Gasteiger partial charge < -0.3 is 9.57 Å². The summed E-state index contributed by atoms with van der Waals surface area (Å²) in [7, 11) is 0. The summed E-state index contributed by atoms with van der Waals surface area (Å²) in [4.78, 5) is 38.9. The second-order valence-corrected chi connectivity index (χ2v) is 4.96. The van der Waals surface area contributed by atoms with Crippen LogP contribution in [0.4, 0.5) is 0 Å². The maximum absolute atomic E-state index is 11.6. The highest BCUT2D eigenvalue weighted by molar-refractivity contribution is 6.01. The van der Waals surface area contributed by atoms with E-state index in [1.165, 1.54) is 6.42 Å². The first-order chi connectivity index (χ1) is 9.66. The molecule has 110 valence electrons. The summed E-state index contributed by atoms with van der Waals surface area (Å²) in [6.45, 7) is -0.258. The lowest BCUT2D eigenvalue weighted by atomic mass is 10.0. The highest BCUT2D eigenvalue weighted by Crippen LogP contribution is 2.15. The van der Waals surface area contributed by atoms with Gasteiger partial charge in [0.1, 0.15) is 6.61 Å². The third-order valence-electron chi connectivity index (χ3n) is 3.32. The van der Waals surface area contributed by atoms with Crippen molar-refractivity contribution in [3.05, 3.63) is 12.2 Å². The number of allylic oxidation sites excluding steroid dienone is 1. The number of amides is 2. The fourth-order valence-corrected chi connectivity index (χ4v) is 2.23. The maximum atomic E-state index is 11.6. The fourth-order valence-electron chi connectivity index (χ4n) is 2.23. The minimum absolute atomic E-state index is 0.0956. The zero-order chi connectivity index (χ0) is 14.4. The average molecular weight is 281 g/mol. The Hall–Kier alpha value is -1.69. The molecule has 0 N–H and O–H groups in total. The Morgan fingerprint density at radius 3 is 2.70 bits per heavy atom. The fraction of sp³-hybridized carbons (Fsp3) is 0.643. The van der Waals surface area contributed by atoms with Gasteiger partial charge in [0.15, 0.2) is 0 Å². The smallest absolute Gasteiger partial charge is 0.358 e. The van der Waals surface area contributed by atoms with Crippen molar-refractivity contribution in [3.8, 4) is 0 Å². The normalized spacial score (nSPS) is 25.2. The van der Waals surface area contributed by atoms with Gasteiger partial charge in [-0.1, -0.05) is 25.0 Å². The molecule has 2 aliphatic rings. The summed E-state index contributed by atoms with van der Waals surface area (Å²) in [6, 6.07) is 0. The van der Waals surface area contributed by atoms with Crippen LogP contribution in [0.2, 0.25) is 0 Å². The number of nitrogens with zero attached hydrogens (tertiary/aromatic N) is 1. The molecule has 1 heterocycles. The van der Waals surface area contributed by atoms with E-state index in [1.54, 1.807) is 0 Å². The summed E-state index contributed by atoms with van der Waals surface area (Å²) in [5.41, 5.74) is 0. The molecular weight excluding hydrogens is 262 g/mol. The van der Waals surface area contributed by atoms with Crippen molar-refractivity contribution >= 4 is 17.8 Å². The molecule has 0 bridgehead atoms. The highest BCUT2D eigenvalue weighted by Gasteiger charge is 2.32. The van der Waals surface area contributed by atoms with E-state index in [4.69, 9.17) is 9.57 Å². The van der Waals surface area contributed by atoms with Crippen LogP contribution in [0.5, 0.6) is 0 Å². The number of hydroxylamine groups is 2. The van der Waals surface area contributed by atoms with Gasteiger partial charge in [-0.05, 0) is 19.3 Å². The van der Waals surface area contributed by atoms with Gasteiger partial charge in [-0.3, -0.25) is 9.59 Å². The summed E-state index contributed by atoms with van der Waals surface area (Å²) < 4.78 is 5.45. The zero-order valence-electron chi connectivity index (χ0n) is 11.4. The Balaban J connectivity index is 1.75. The predicted molar refractivity (Wildman–Crippen MR) is 69.1 cm³/mol. The van der Waals surface area contributed by atoms with Gasteiger partial charge in [0.05, 0.1) is 6.10 Å². The van der Waals surface area contributed by atoms with Crippen molar-refractivity contribution in [1.82, 2.24) is 5.06 Å². The number of carbonyl (C=O) groups excluding carboxylic acids is 3. The summed E-state index contributed by atoms with van der Waals surface area (Å²) in [6.07, 6.45) is 9.40. The third-order valence-corrected chi connectivity index (χ3v) is 3.32. The van der Waals surface area contributed by atoms with Gasteiger partial charge in [0, 0.05) is 12.8 Å². The second-order valence-electron chi connectivity index (χ2n) is 4.96. The van der Waals surface area contributed by atoms with Gasteiger partial charge in [-0.15, -0.1) is 5.06 Å². The average Bonchev–Trinajstić information content (AvgIpc) is 2.69. The molecule has 0 aromatic rings. The molecule has 1 saturated heterocycles. The molecular formula is C14H19NO5. The van der Waals surface area contributed by atoms with Crippen LogP contribution >= 0.6 is 0 Å². The Labute approximate surface area is 117 Å².